The maximum atomic E-state index is 8.95. The van der Waals surface area contributed by atoms with Gasteiger partial charge in [0.1, 0.15) is 12.4 Å². The van der Waals surface area contributed by atoms with Gasteiger partial charge in [0.25, 0.3) is 0 Å². The van der Waals surface area contributed by atoms with E-state index >= 15 is 0 Å². The molecular weight excluding hydrogens is 188 g/mol. The third-order valence-electron chi connectivity index (χ3n) is 1.50. The molecule has 0 amide bonds. The van der Waals surface area contributed by atoms with Crippen molar-refractivity contribution in [1.29, 1.82) is 0 Å². The predicted molar refractivity (Wildman–Crippen MR) is 51.7 cm³/mol. The molecule has 0 aliphatic carbocycles. The van der Waals surface area contributed by atoms with E-state index in [9.17, 15) is 0 Å². The quantitative estimate of drug-likeness (QED) is 0.748. The van der Waals surface area contributed by atoms with Crippen molar-refractivity contribution < 1.29 is 9.84 Å². The molecule has 1 aromatic carbocycles. The van der Waals surface area contributed by atoms with Crippen molar-refractivity contribution in [3.63, 3.8) is 0 Å². The minimum Gasteiger partial charge on any atom is -0.481 e. The Balaban J connectivity index is 2.87. The van der Waals surface area contributed by atoms with Crippen molar-refractivity contribution in [2.75, 3.05) is 6.61 Å². The Morgan fingerprint density at radius 2 is 2.31 bits per heavy atom. The monoisotopic (exact) mass is 196 g/mol. The molecule has 0 fully saturated rings. The van der Waals surface area contributed by atoms with Crippen LogP contribution >= 0.6 is 11.6 Å². The molecule has 0 heterocycles. The van der Waals surface area contributed by atoms with Gasteiger partial charge >= 0.3 is 0 Å². The van der Waals surface area contributed by atoms with Crippen LogP contribution in [0.15, 0.2) is 18.2 Å². The summed E-state index contributed by atoms with van der Waals surface area (Å²) in [4.78, 5) is 0. The van der Waals surface area contributed by atoms with Gasteiger partial charge in [0.15, 0.2) is 0 Å². The SMILES string of the molecule is C#CCOc1ccc(Cl)cc1CO. The summed E-state index contributed by atoms with van der Waals surface area (Å²) in [5, 5.41) is 9.52. The lowest BCUT2D eigenvalue weighted by Crippen LogP contribution is -1.97. The first kappa shape index (κ1) is 9.91. The van der Waals surface area contributed by atoms with Crippen molar-refractivity contribution in [2.45, 2.75) is 6.61 Å². The van der Waals surface area contributed by atoms with E-state index in [1.165, 1.54) is 0 Å². The molecule has 0 aromatic heterocycles. The first-order chi connectivity index (χ1) is 6.27. The fourth-order valence-electron chi connectivity index (χ4n) is 0.932. The molecule has 1 rings (SSSR count). The third-order valence-corrected chi connectivity index (χ3v) is 1.74. The number of rotatable bonds is 3. The van der Waals surface area contributed by atoms with Crippen LogP contribution in [0.1, 0.15) is 5.56 Å². The molecule has 2 nitrogen and oxygen atoms in total. The molecule has 0 unspecified atom stereocenters. The number of hydrogen-bond donors (Lipinski definition) is 1. The molecule has 0 radical (unpaired) electrons. The van der Waals surface area contributed by atoms with Gasteiger partial charge in [0, 0.05) is 10.6 Å². The molecule has 1 N–H and O–H groups in total. The van der Waals surface area contributed by atoms with Crippen LogP contribution in [-0.4, -0.2) is 11.7 Å². The van der Waals surface area contributed by atoms with Crippen LogP contribution in [0.5, 0.6) is 5.75 Å². The van der Waals surface area contributed by atoms with Gasteiger partial charge in [-0.15, -0.1) is 6.42 Å². The number of hydrogen-bond acceptors (Lipinski definition) is 2. The van der Waals surface area contributed by atoms with Gasteiger partial charge in [0.05, 0.1) is 6.61 Å². The maximum absolute atomic E-state index is 8.95. The molecule has 0 spiro atoms. The van der Waals surface area contributed by atoms with Crippen LogP contribution in [0.2, 0.25) is 5.02 Å². The minimum atomic E-state index is -0.111. The molecule has 0 aliphatic heterocycles. The normalized spacial score (nSPS) is 9.31. The van der Waals surface area contributed by atoms with E-state index in [2.05, 4.69) is 5.92 Å². The van der Waals surface area contributed by atoms with Crippen LogP contribution < -0.4 is 4.74 Å². The van der Waals surface area contributed by atoms with Gasteiger partial charge in [-0.2, -0.15) is 0 Å². The van der Waals surface area contributed by atoms with Gasteiger partial charge in [-0.1, -0.05) is 17.5 Å². The number of aliphatic hydroxyl groups is 1. The summed E-state index contributed by atoms with van der Waals surface area (Å²) in [5.74, 6) is 2.92. The number of halogens is 1. The third kappa shape index (κ3) is 2.66. The van der Waals surface area contributed by atoms with Crippen LogP contribution in [0.25, 0.3) is 0 Å². The van der Waals surface area contributed by atoms with Gasteiger partial charge in [-0.25, -0.2) is 0 Å². The standard InChI is InChI=1S/C10H9ClO2/c1-2-5-13-10-4-3-9(11)6-8(10)7-12/h1,3-4,6,12H,5,7H2. The molecule has 68 valence electrons. The highest BCUT2D eigenvalue weighted by atomic mass is 35.5. The fraction of sp³-hybridized carbons (Fsp3) is 0.200. The summed E-state index contributed by atoms with van der Waals surface area (Å²) >= 11 is 5.72. The lowest BCUT2D eigenvalue weighted by atomic mass is 10.2. The van der Waals surface area contributed by atoms with E-state index in [-0.39, 0.29) is 13.2 Å². The van der Waals surface area contributed by atoms with Crippen LogP contribution in [0.3, 0.4) is 0 Å². The highest BCUT2D eigenvalue weighted by Gasteiger charge is 2.02. The summed E-state index contributed by atoms with van der Waals surface area (Å²) in [6.07, 6.45) is 5.03. The van der Waals surface area contributed by atoms with E-state index in [0.29, 0.717) is 16.3 Å². The summed E-state index contributed by atoms with van der Waals surface area (Å²) < 4.78 is 5.18. The Labute approximate surface area is 82.1 Å². The molecule has 0 saturated heterocycles. The molecule has 3 heteroatoms. The van der Waals surface area contributed by atoms with Crippen molar-refractivity contribution in [1.82, 2.24) is 0 Å². The summed E-state index contributed by atoms with van der Waals surface area (Å²) in [5.41, 5.74) is 0.641. The van der Waals surface area contributed by atoms with Crippen LogP contribution in [0, 0.1) is 12.3 Å². The van der Waals surface area contributed by atoms with E-state index < -0.39 is 0 Å². The average molecular weight is 197 g/mol. The van der Waals surface area contributed by atoms with E-state index in [1.807, 2.05) is 0 Å². The fourth-order valence-corrected chi connectivity index (χ4v) is 1.13. The minimum absolute atomic E-state index is 0.111. The number of ether oxygens (including phenoxy) is 1. The molecule has 13 heavy (non-hydrogen) atoms. The van der Waals surface area contributed by atoms with Crippen LogP contribution in [0.4, 0.5) is 0 Å². The molecule has 0 aliphatic rings. The van der Waals surface area contributed by atoms with Gasteiger partial charge in [0.2, 0.25) is 0 Å². The van der Waals surface area contributed by atoms with Gasteiger partial charge in [-0.05, 0) is 18.2 Å². The van der Waals surface area contributed by atoms with E-state index in [1.54, 1.807) is 18.2 Å². The van der Waals surface area contributed by atoms with Crippen molar-refractivity contribution in [2.24, 2.45) is 0 Å². The zero-order valence-electron chi connectivity index (χ0n) is 6.96. The maximum Gasteiger partial charge on any atom is 0.148 e. The topological polar surface area (TPSA) is 29.5 Å². The Bertz CT molecular complexity index is 328. The lowest BCUT2D eigenvalue weighted by molar-refractivity contribution is 0.270. The van der Waals surface area contributed by atoms with E-state index in [0.717, 1.165) is 0 Å². The Morgan fingerprint density at radius 3 is 2.92 bits per heavy atom. The smallest absolute Gasteiger partial charge is 0.148 e. The summed E-state index contributed by atoms with van der Waals surface area (Å²) in [6.45, 7) is 0.0785. The second kappa shape index (κ2) is 4.76. The zero-order valence-corrected chi connectivity index (χ0v) is 7.71. The highest BCUT2D eigenvalue weighted by Crippen LogP contribution is 2.22. The molecule has 0 saturated carbocycles. The molecule has 0 bridgehead atoms. The highest BCUT2D eigenvalue weighted by molar-refractivity contribution is 6.30. The average Bonchev–Trinajstić information content (AvgIpc) is 2.16. The second-order valence-electron chi connectivity index (χ2n) is 2.40. The summed E-state index contributed by atoms with van der Waals surface area (Å²) in [7, 11) is 0. The molecular formula is C10H9ClO2. The Kier molecular flexibility index (Phi) is 3.63. The second-order valence-corrected chi connectivity index (χ2v) is 2.84. The Morgan fingerprint density at radius 1 is 1.54 bits per heavy atom. The first-order valence-corrected chi connectivity index (χ1v) is 4.11. The van der Waals surface area contributed by atoms with Gasteiger partial charge in [-0.3, -0.25) is 0 Å². The predicted octanol–water partition coefficient (Wildman–Crippen LogP) is 1.84. The van der Waals surface area contributed by atoms with E-state index in [4.69, 9.17) is 27.9 Å². The zero-order chi connectivity index (χ0) is 9.68. The molecule has 1 aromatic rings. The Hall–Kier alpha value is -1.17. The lowest BCUT2D eigenvalue weighted by Gasteiger charge is -2.07. The number of terminal acetylenes is 1. The number of benzene rings is 1. The van der Waals surface area contributed by atoms with Gasteiger partial charge < -0.3 is 9.84 Å². The van der Waals surface area contributed by atoms with Crippen molar-refractivity contribution >= 4 is 11.6 Å². The molecule has 0 atom stereocenters. The van der Waals surface area contributed by atoms with Crippen molar-refractivity contribution in [3.8, 4) is 18.1 Å². The first-order valence-electron chi connectivity index (χ1n) is 3.73. The van der Waals surface area contributed by atoms with Crippen LogP contribution in [-0.2, 0) is 6.61 Å². The largest absolute Gasteiger partial charge is 0.481 e. The summed E-state index contributed by atoms with van der Waals surface area (Å²) in [6, 6.07) is 5.02. The van der Waals surface area contributed by atoms with Crippen molar-refractivity contribution in [3.05, 3.63) is 28.8 Å². The number of aliphatic hydroxyl groups excluding tert-OH is 1.